The van der Waals surface area contributed by atoms with E-state index in [0.29, 0.717) is 10.8 Å². The third kappa shape index (κ3) is 5.73. The minimum atomic E-state index is -1.30. The van der Waals surface area contributed by atoms with E-state index in [9.17, 15) is 14.4 Å². The van der Waals surface area contributed by atoms with Gasteiger partial charge < -0.3 is 9.94 Å². The van der Waals surface area contributed by atoms with Crippen LogP contribution in [0.3, 0.4) is 0 Å². The van der Waals surface area contributed by atoms with Gasteiger partial charge in [-0.25, -0.2) is 4.79 Å². The van der Waals surface area contributed by atoms with Crippen LogP contribution in [-0.2, 0) is 9.59 Å². The number of hydroxylamine groups is 2. The Morgan fingerprint density at radius 1 is 0.966 bits per heavy atom. The summed E-state index contributed by atoms with van der Waals surface area (Å²) in [6, 6.07) is 12.6. The number of carboxylic acid groups (broad SMARTS) is 1. The number of carbonyl (C=O) groups is 3. The van der Waals surface area contributed by atoms with E-state index in [-0.39, 0.29) is 29.8 Å². The molecule has 146 valence electrons. The van der Waals surface area contributed by atoms with Crippen LogP contribution in [0.1, 0.15) is 23.2 Å². The lowest BCUT2D eigenvalue weighted by Gasteiger charge is -2.16. The highest BCUT2D eigenvalue weighted by atomic mass is 16.7. The number of rotatable bonds is 5. The number of azide groups is 2. The van der Waals surface area contributed by atoms with E-state index in [1.54, 1.807) is 12.1 Å². The van der Waals surface area contributed by atoms with Gasteiger partial charge in [0.2, 0.25) is 0 Å². The van der Waals surface area contributed by atoms with Crippen molar-refractivity contribution >= 4 is 29.2 Å². The third-order valence-electron chi connectivity index (χ3n) is 3.47. The van der Waals surface area contributed by atoms with E-state index >= 15 is 0 Å². The van der Waals surface area contributed by atoms with E-state index in [4.69, 9.17) is 21.0 Å². The molecule has 0 aliphatic carbocycles. The molecule has 12 nitrogen and oxygen atoms in total. The normalized spacial score (nSPS) is 12.2. The molecule has 1 aliphatic rings. The highest BCUT2D eigenvalue weighted by molar-refractivity contribution is 6.01. The fraction of sp³-hybridized carbons (Fsp3) is 0.118. The van der Waals surface area contributed by atoms with Crippen molar-refractivity contribution in [2.45, 2.75) is 12.8 Å². The van der Waals surface area contributed by atoms with E-state index in [1.165, 1.54) is 6.07 Å². The van der Waals surface area contributed by atoms with Crippen molar-refractivity contribution in [1.82, 2.24) is 5.06 Å². The van der Waals surface area contributed by atoms with Crippen molar-refractivity contribution in [3.05, 3.63) is 75.0 Å². The van der Waals surface area contributed by atoms with Crippen LogP contribution in [0.25, 0.3) is 20.9 Å². The van der Waals surface area contributed by atoms with E-state index < -0.39 is 17.8 Å². The van der Waals surface area contributed by atoms with Crippen LogP contribution in [0, 0.1) is 0 Å². The van der Waals surface area contributed by atoms with Gasteiger partial charge in [0.15, 0.2) is 5.75 Å². The molecule has 0 saturated carbocycles. The summed E-state index contributed by atoms with van der Waals surface area (Å²) in [6.07, 6.45) is 0.0224. The van der Waals surface area contributed by atoms with Crippen molar-refractivity contribution in [2.75, 3.05) is 0 Å². The van der Waals surface area contributed by atoms with E-state index in [1.807, 2.05) is 18.2 Å². The van der Waals surface area contributed by atoms with Gasteiger partial charge in [0, 0.05) is 34.0 Å². The Labute approximate surface area is 163 Å². The zero-order chi connectivity index (χ0) is 21.2. The number of hydrogen-bond donors (Lipinski definition) is 1. The second-order valence-corrected chi connectivity index (χ2v) is 5.37. The van der Waals surface area contributed by atoms with Gasteiger partial charge in [-0.3, -0.25) is 9.59 Å². The molecule has 2 aromatic rings. The molecule has 0 bridgehead atoms. The van der Waals surface area contributed by atoms with Gasteiger partial charge in [-0.05, 0) is 23.2 Å². The molecule has 1 heterocycles. The SMILES string of the molecule is [N-]=[N+]=Nc1ccc(C(=O)O)c(ON2C(=O)CCC2=O)c1.[N-]=[N+]=Nc1ccccc1. The van der Waals surface area contributed by atoms with Gasteiger partial charge in [-0.1, -0.05) is 46.6 Å². The zero-order valence-corrected chi connectivity index (χ0v) is 14.7. The summed E-state index contributed by atoms with van der Waals surface area (Å²) in [4.78, 5) is 44.2. The summed E-state index contributed by atoms with van der Waals surface area (Å²) >= 11 is 0. The minimum absolute atomic E-state index is 0.0112. The first-order valence-corrected chi connectivity index (χ1v) is 8.02. The smallest absolute Gasteiger partial charge is 0.339 e. The minimum Gasteiger partial charge on any atom is -0.478 e. The summed E-state index contributed by atoms with van der Waals surface area (Å²) < 4.78 is 0. The monoisotopic (exact) mass is 395 g/mol. The molecule has 0 unspecified atom stereocenters. The second kappa shape index (κ2) is 9.97. The molecule has 1 fully saturated rings. The molecule has 1 N–H and O–H groups in total. The molecule has 0 radical (unpaired) electrons. The largest absolute Gasteiger partial charge is 0.478 e. The highest BCUT2D eigenvalue weighted by Crippen LogP contribution is 2.27. The maximum Gasteiger partial charge on any atom is 0.339 e. The molecular formula is C17H13N7O5. The lowest BCUT2D eigenvalue weighted by molar-refractivity contribution is -0.164. The predicted molar refractivity (Wildman–Crippen MR) is 99.2 cm³/mol. The Balaban J connectivity index is 0.000000278. The van der Waals surface area contributed by atoms with Crippen LogP contribution in [0.5, 0.6) is 5.75 Å². The fourth-order valence-electron chi connectivity index (χ4n) is 2.18. The zero-order valence-electron chi connectivity index (χ0n) is 14.7. The average Bonchev–Trinajstić information content (AvgIpc) is 3.02. The number of benzene rings is 2. The molecule has 0 spiro atoms. The fourth-order valence-corrected chi connectivity index (χ4v) is 2.18. The molecular weight excluding hydrogens is 382 g/mol. The van der Waals surface area contributed by atoms with Gasteiger partial charge in [0.1, 0.15) is 5.56 Å². The number of nitrogens with zero attached hydrogens (tertiary/aromatic N) is 7. The number of amides is 2. The molecule has 2 amide bonds. The first kappa shape index (κ1) is 20.8. The van der Waals surface area contributed by atoms with Gasteiger partial charge in [-0.15, -0.1) is 5.06 Å². The Kier molecular flexibility index (Phi) is 7.15. The lowest BCUT2D eigenvalue weighted by atomic mass is 10.2. The number of aromatic carboxylic acids is 1. The first-order valence-electron chi connectivity index (χ1n) is 8.02. The quantitative estimate of drug-likeness (QED) is 0.340. The Bertz CT molecular complexity index is 1010. The van der Waals surface area contributed by atoms with Crippen LogP contribution in [-0.4, -0.2) is 28.0 Å². The number of imide groups is 1. The van der Waals surface area contributed by atoms with Crippen molar-refractivity contribution in [1.29, 1.82) is 0 Å². The molecule has 0 atom stereocenters. The molecule has 3 rings (SSSR count). The van der Waals surface area contributed by atoms with E-state index in [2.05, 4.69) is 20.1 Å². The van der Waals surface area contributed by atoms with Crippen molar-refractivity contribution in [3.63, 3.8) is 0 Å². The van der Waals surface area contributed by atoms with Gasteiger partial charge in [0.25, 0.3) is 11.8 Å². The Morgan fingerprint density at radius 2 is 1.55 bits per heavy atom. The number of carbonyl (C=O) groups excluding carboxylic acids is 2. The lowest BCUT2D eigenvalue weighted by Crippen LogP contribution is -2.33. The van der Waals surface area contributed by atoms with Gasteiger partial charge in [-0.2, -0.15) is 0 Å². The molecule has 2 aromatic carbocycles. The summed E-state index contributed by atoms with van der Waals surface area (Å²) in [7, 11) is 0. The van der Waals surface area contributed by atoms with Crippen LogP contribution in [0.2, 0.25) is 0 Å². The highest BCUT2D eigenvalue weighted by Gasteiger charge is 2.32. The van der Waals surface area contributed by atoms with Crippen molar-refractivity contribution in [2.24, 2.45) is 10.2 Å². The Morgan fingerprint density at radius 3 is 2.10 bits per heavy atom. The molecule has 0 aromatic heterocycles. The predicted octanol–water partition coefficient (Wildman–Crippen LogP) is 4.40. The number of carboxylic acids is 1. The number of hydrogen-bond acceptors (Lipinski definition) is 6. The maximum atomic E-state index is 11.4. The van der Waals surface area contributed by atoms with Gasteiger partial charge >= 0.3 is 5.97 Å². The summed E-state index contributed by atoms with van der Waals surface area (Å²) in [5.41, 5.74) is 16.8. The van der Waals surface area contributed by atoms with Crippen LogP contribution < -0.4 is 4.84 Å². The second-order valence-electron chi connectivity index (χ2n) is 5.37. The molecule has 1 aliphatic heterocycles. The topological polar surface area (TPSA) is 181 Å². The Hall–Kier alpha value is -4.53. The summed E-state index contributed by atoms with van der Waals surface area (Å²) in [5, 5.41) is 16.2. The van der Waals surface area contributed by atoms with Crippen molar-refractivity contribution in [3.8, 4) is 5.75 Å². The molecule has 1 saturated heterocycles. The van der Waals surface area contributed by atoms with Crippen LogP contribution >= 0.6 is 0 Å². The summed E-state index contributed by atoms with van der Waals surface area (Å²) in [6.45, 7) is 0. The first-order chi connectivity index (χ1) is 14.0. The molecule has 12 heteroatoms. The van der Waals surface area contributed by atoms with Crippen molar-refractivity contribution < 1.29 is 24.3 Å². The third-order valence-corrected chi connectivity index (χ3v) is 3.47. The standard InChI is InChI=1S/C11H8N4O5.C6H5N3/c12-14-13-6-1-2-7(11(18)19)8(5-6)20-15-9(16)3-4-10(15)17;7-9-8-6-4-2-1-3-5-6/h1-2,5H,3-4H2,(H,18,19);1-5H. The summed E-state index contributed by atoms with van der Waals surface area (Å²) in [5.74, 6) is -2.65. The average molecular weight is 395 g/mol. The van der Waals surface area contributed by atoms with E-state index in [0.717, 1.165) is 12.1 Å². The van der Waals surface area contributed by atoms with Crippen LogP contribution in [0.15, 0.2) is 58.8 Å². The molecule has 29 heavy (non-hydrogen) atoms. The maximum absolute atomic E-state index is 11.4. The van der Waals surface area contributed by atoms with Gasteiger partial charge in [0.05, 0.1) is 0 Å². The van der Waals surface area contributed by atoms with Crippen LogP contribution in [0.4, 0.5) is 11.4 Å².